The van der Waals surface area contributed by atoms with Crippen molar-refractivity contribution in [2.24, 2.45) is 5.92 Å². The van der Waals surface area contributed by atoms with Gasteiger partial charge in [-0.1, -0.05) is 13.8 Å². The fourth-order valence-corrected chi connectivity index (χ4v) is 1.34. The molecule has 0 bridgehead atoms. The smallest absolute Gasteiger partial charge is 0.251 e. The second-order valence-electron chi connectivity index (χ2n) is 4.72. The Morgan fingerprint density at radius 2 is 2.26 bits per heavy atom. The Kier molecular flexibility index (Phi) is 6.29. The van der Waals surface area contributed by atoms with E-state index in [-0.39, 0.29) is 24.5 Å². The summed E-state index contributed by atoms with van der Waals surface area (Å²) in [7, 11) is 0. The van der Waals surface area contributed by atoms with Crippen LogP contribution in [0.2, 0.25) is 0 Å². The molecule has 2 N–H and O–H groups in total. The number of nitrogens with one attached hydrogen (secondary N) is 1. The van der Waals surface area contributed by atoms with Crippen LogP contribution in [-0.4, -0.2) is 35.3 Å². The monoisotopic (exact) mass is 266 g/mol. The van der Waals surface area contributed by atoms with Gasteiger partial charge >= 0.3 is 0 Å². The molecule has 1 amide bonds. The molecule has 0 aliphatic rings. The van der Waals surface area contributed by atoms with Gasteiger partial charge in [0.2, 0.25) is 5.88 Å². The van der Waals surface area contributed by atoms with Crippen molar-refractivity contribution in [2.75, 3.05) is 13.2 Å². The highest BCUT2D eigenvalue weighted by atomic mass is 16.5. The van der Waals surface area contributed by atoms with Crippen LogP contribution in [0.3, 0.4) is 0 Å². The van der Waals surface area contributed by atoms with Crippen LogP contribution < -0.4 is 10.1 Å². The number of aromatic nitrogens is 1. The molecule has 0 aliphatic carbocycles. The zero-order chi connectivity index (χ0) is 14.3. The van der Waals surface area contributed by atoms with Crippen molar-refractivity contribution in [2.45, 2.75) is 33.3 Å². The number of aliphatic hydroxyl groups is 1. The van der Waals surface area contributed by atoms with Crippen LogP contribution in [0.5, 0.6) is 5.88 Å². The summed E-state index contributed by atoms with van der Waals surface area (Å²) in [4.78, 5) is 16.0. The molecular weight excluding hydrogens is 244 g/mol. The van der Waals surface area contributed by atoms with Gasteiger partial charge < -0.3 is 15.2 Å². The lowest BCUT2D eigenvalue weighted by atomic mass is 10.2. The first kappa shape index (κ1) is 15.4. The van der Waals surface area contributed by atoms with Crippen LogP contribution in [0.15, 0.2) is 18.3 Å². The van der Waals surface area contributed by atoms with Gasteiger partial charge in [-0.15, -0.1) is 0 Å². The average molecular weight is 266 g/mol. The van der Waals surface area contributed by atoms with Crippen molar-refractivity contribution < 1.29 is 14.6 Å². The van der Waals surface area contributed by atoms with Crippen LogP contribution in [0.25, 0.3) is 0 Å². The summed E-state index contributed by atoms with van der Waals surface area (Å²) in [5.41, 5.74) is 0.512. The predicted molar refractivity (Wildman–Crippen MR) is 73.2 cm³/mol. The van der Waals surface area contributed by atoms with Gasteiger partial charge in [0.25, 0.3) is 5.91 Å². The number of rotatable bonds is 7. The Balaban J connectivity index is 2.62. The first-order chi connectivity index (χ1) is 9.06. The lowest BCUT2D eigenvalue weighted by Crippen LogP contribution is -2.29. The molecule has 1 heterocycles. The van der Waals surface area contributed by atoms with E-state index < -0.39 is 0 Å². The van der Waals surface area contributed by atoms with Gasteiger partial charge in [-0.2, -0.15) is 0 Å². The average Bonchev–Trinajstić information content (AvgIpc) is 2.44. The topological polar surface area (TPSA) is 71.5 Å². The second-order valence-corrected chi connectivity index (χ2v) is 4.72. The maximum atomic E-state index is 11.9. The number of aliphatic hydroxyl groups excluding tert-OH is 1. The number of hydrogen-bond donors (Lipinski definition) is 2. The Morgan fingerprint density at radius 1 is 1.53 bits per heavy atom. The number of carbonyl (C=O) groups excluding carboxylic acids is 1. The molecule has 0 radical (unpaired) electrons. The van der Waals surface area contributed by atoms with Gasteiger partial charge in [0.05, 0.1) is 6.10 Å². The largest absolute Gasteiger partial charge is 0.475 e. The SMILES string of the molecule is CCC(C)Oc1cc(C(=O)NCC(C)CO)ccn1. The molecule has 106 valence electrons. The van der Waals surface area contributed by atoms with E-state index >= 15 is 0 Å². The van der Waals surface area contributed by atoms with Gasteiger partial charge in [-0.05, 0) is 25.3 Å². The minimum absolute atomic E-state index is 0.0432. The lowest BCUT2D eigenvalue weighted by Gasteiger charge is -2.13. The molecule has 0 fully saturated rings. The lowest BCUT2D eigenvalue weighted by molar-refractivity contribution is 0.0941. The molecule has 5 nitrogen and oxygen atoms in total. The van der Waals surface area contributed by atoms with E-state index in [2.05, 4.69) is 10.3 Å². The van der Waals surface area contributed by atoms with Crippen molar-refractivity contribution in [1.29, 1.82) is 0 Å². The molecule has 5 heteroatoms. The summed E-state index contributed by atoms with van der Waals surface area (Å²) in [6.07, 6.45) is 2.51. The maximum Gasteiger partial charge on any atom is 0.251 e. The van der Waals surface area contributed by atoms with Crippen LogP contribution in [-0.2, 0) is 0 Å². The van der Waals surface area contributed by atoms with Crippen molar-refractivity contribution in [3.05, 3.63) is 23.9 Å². The van der Waals surface area contributed by atoms with Crippen LogP contribution in [0.4, 0.5) is 0 Å². The van der Waals surface area contributed by atoms with E-state index in [1.165, 1.54) is 0 Å². The zero-order valence-electron chi connectivity index (χ0n) is 11.7. The zero-order valence-corrected chi connectivity index (χ0v) is 11.7. The molecule has 2 atom stereocenters. The Morgan fingerprint density at radius 3 is 2.89 bits per heavy atom. The third-order valence-corrected chi connectivity index (χ3v) is 2.82. The van der Waals surface area contributed by atoms with Crippen LogP contribution in [0, 0.1) is 5.92 Å². The van der Waals surface area contributed by atoms with E-state index in [1.54, 1.807) is 18.3 Å². The molecule has 0 aliphatic heterocycles. The summed E-state index contributed by atoms with van der Waals surface area (Å²) in [6, 6.07) is 3.27. The minimum Gasteiger partial charge on any atom is -0.475 e. The van der Waals surface area contributed by atoms with Crippen LogP contribution >= 0.6 is 0 Å². The molecule has 1 aromatic heterocycles. The van der Waals surface area contributed by atoms with Gasteiger partial charge in [-0.3, -0.25) is 4.79 Å². The van der Waals surface area contributed by atoms with Crippen molar-refractivity contribution in [3.8, 4) is 5.88 Å². The summed E-state index contributed by atoms with van der Waals surface area (Å²) in [6.45, 7) is 6.34. The van der Waals surface area contributed by atoms with Crippen molar-refractivity contribution in [3.63, 3.8) is 0 Å². The number of nitrogens with zero attached hydrogens (tertiary/aromatic N) is 1. The number of hydrogen-bond acceptors (Lipinski definition) is 4. The maximum absolute atomic E-state index is 11.9. The Labute approximate surface area is 114 Å². The highest BCUT2D eigenvalue weighted by molar-refractivity contribution is 5.94. The standard InChI is InChI=1S/C14H22N2O3/c1-4-11(3)19-13-7-12(5-6-15-13)14(18)16-8-10(2)9-17/h5-7,10-11,17H,4,8-9H2,1-3H3,(H,16,18). The number of amides is 1. The summed E-state index contributed by atoms with van der Waals surface area (Å²) in [5.74, 6) is 0.315. The highest BCUT2D eigenvalue weighted by Crippen LogP contribution is 2.12. The minimum atomic E-state index is -0.184. The first-order valence-electron chi connectivity index (χ1n) is 6.58. The molecule has 0 aromatic carbocycles. The summed E-state index contributed by atoms with van der Waals surface area (Å²) < 4.78 is 5.57. The third kappa shape index (κ3) is 5.26. The van der Waals surface area contributed by atoms with E-state index in [4.69, 9.17) is 9.84 Å². The fourth-order valence-electron chi connectivity index (χ4n) is 1.34. The molecule has 1 aromatic rings. The van der Waals surface area contributed by atoms with Gasteiger partial charge in [0, 0.05) is 31.0 Å². The highest BCUT2D eigenvalue weighted by Gasteiger charge is 2.10. The van der Waals surface area contributed by atoms with Crippen molar-refractivity contribution >= 4 is 5.91 Å². The molecule has 0 saturated carbocycles. The molecule has 2 unspecified atom stereocenters. The second kappa shape index (κ2) is 7.74. The number of pyridine rings is 1. The molecule has 0 saturated heterocycles. The predicted octanol–water partition coefficient (Wildman–Crippen LogP) is 1.62. The Bertz CT molecular complexity index is 409. The molecule has 0 spiro atoms. The summed E-state index contributed by atoms with van der Waals surface area (Å²) in [5, 5.41) is 11.7. The molecular formula is C14H22N2O3. The van der Waals surface area contributed by atoms with Crippen LogP contribution in [0.1, 0.15) is 37.6 Å². The summed E-state index contributed by atoms with van der Waals surface area (Å²) >= 11 is 0. The molecule has 19 heavy (non-hydrogen) atoms. The van der Waals surface area contributed by atoms with E-state index in [1.807, 2.05) is 20.8 Å². The first-order valence-corrected chi connectivity index (χ1v) is 6.58. The normalized spacial score (nSPS) is 13.7. The van der Waals surface area contributed by atoms with Gasteiger partial charge in [0.15, 0.2) is 0 Å². The van der Waals surface area contributed by atoms with Crippen molar-refractivity contribution in [1.82, 2.24) is 10.3 Å². The number of carbonyl (C=O) groups is 1. The van der Waals surface area contributed by atoms with E-state index in [0.29, 0.717) is 18.0 Å². The van der Waals surface area contributed by atoms with E-state index in [9.17, 15) is 4.79 Å². The van der Waals surface area contributed by atoms with E-state index in [0.717, 1.165) is 6.42 Å². The van der Waals surface area contributed by atoms with Gasteiger partial charge in [-0.25, -0.2) is 4.98 Å². The quantitative estimate of drug-likeness (QED) is 0.786. The van der Waals surface area contributed by atoms with Gasteiger partial charge in [0.1, 0.15) is 0 Å². The number of ether oxygens (including phenoxy) is 1. The Hall–Kier alpha value is -1.62. The fraction of sp³-hybridized carbons (Fsp3) is 0.571. The third-order valence-electron chi connectivity index (χ3n) is 2.82. The molecule has 1 rings (SSSR count).